The maximum absolute atomic E-state index is 13.6. The van der Waals surface area contributed by atoms with Gasteiger partial charge in [-0.25, -0.2) is 14.8 Å². The monoisotopic (exact) mass is 563 g/mol. The van der Waals surface area contributed by atoms with Crippen molar-refractivity contribution in [3.63, 3.8) is 0 Å². The van der Waals surface area contributed by atoms with Gasteiger partial charge in [0.05, 0.1) is 24.0 Å². The molecule has 1 unspecified atom stereocenters. The minimum atomic E-state index is -0.848. The van der Waals surface area contributed by atoms with Crippen molar-refractivity contribution in [3.05, 3.63) is 106 Å². The number of amides is 1. The zero-order valence-electron chi connectivity index (χ0n) is 21.6. The molecule has 9 heteroatoms. The highest BCUT2D eigenvalue weighted by Crippen LogP contribution is 2.32. The summed E-state index contributed by atoms with van der Waals surface area (Å²) in [4.78, 5) is 36.3. The Morgan fingerprint density at radius 3 is 1.77 bits per heavy atom. The van der Waals surface area contributed by atoms with E-state index in [0.717, 1.165) is 0 Å². The topological polar surface area (TPSA) is 101 Å². The summed E-state index contributed by atoms with van der Waals surface area (Å²) >= 11 is 12.2. The number of rotatable bonds is 7. The highest BCUT2D eigenvalue weighted by molar-refractivity contribution is 6.31. The Balaban J connectivity index is 1.91. The molecule has 0 saturated heterocycles. The van der Waals surface area contributed by atoms with Crippen LogP contribution in [0.25, 0.3) is 22.5 Å². The first-order chi connectivity index (χ1) is 18.6. The van der Waals surface area contributed by atoms with E-state index in [1.165, 1.54) is 0 Å². The molecule has 0 saturated carbocycles. The molecule has 0 aliphatic rings. The van der Waals surface area contributed by atoms with E-state index in [0.29, 0.717) is 38.1 Å². The van der Waals surface area contributed by atoms with Crippen molar-refractivity contribution in [1.29, 1.82) is 0 Å². The number of halogens is 2. The van der Waals surface area contributed by atoms with Crippen molar-refractivity contribution >= 4 is 35.1 Å². The standard InChI is InChI=1S/C30H27Cl2N3O4/c1-30(2,3)39-29(38)27-26(28(37)33-23(17-36)18-7-5-4-6-8-18)34-24(19-9-13-21(31)14-10-19)25(35-27)20-11-15-22(32)16-12-20/h4-16,23,36H,17H2,1-3H3,(H,33,37). The third-order valence-electron chi connectivity index (χ3n) is 5.63. The van der Waals surface area contributed by atoms with Crippen LogP contribution in [0.15, 0.2) is 78.9 Å². The highest BCUT2D eigenvalue weighted by atomic mass is 35.5. The quantitative estimate of drug-likeness (QED) is 0.248. The first-order valence-corrected chi connectivity index (χ1v) is 13.0. The van der Waals surface area contributed by atoms with Gasteiger partial charge in [0.15, 0.2) is 11.4 Å². The summed E-state index contributed by atoms with van der Waals surface area (Å²) < 4.78 is 5.59. The fraction of sp³-hybridized carbons (Fsp3) is 0.200. The summed E-state index contributed by atoms with van der Waals surface area (Å²) in [5.74, 6) is -1.50. The number of benzene rings is 3. The average molecular weight is 564 g/mol. The van der Waals surface area contributed by atoms with E-state index in [4.69, 9.17) is 27.9 Å². The van der Waals surface area contributed by atoms with Gasteiger partial charge in [-0.15, -0.1) is 0 Å². The Labute approximate surface area is 236 Å². The molecule has 1 aromatic heterocycles. The van der Waals surface area contributed by atoms with Crippen molar-refractivity contribution < 1.29 is 19.4 Å². The Morgan fingerprint density at radius 1 is 0.821 bits per heavy atom. The van der Waals surface area contributed by atoms with Crippen molar-refractivity contribution in [2.75, 3.05) is 6.61 Å². The number of carbonyl (C=O) groups excluding carboxylic acids is 2. The maximum atomic E-state index is 13.6. The Hall–Kier alpha value is -3.78. The number of nitrogens with one attached hydrogen (secondary N) is 1. The molecule has 0 bridgehead atoms. The second-order valence-corrected chi connectivity index (χ2v) is 10.6. The molecule has 3 aromatic carbocycles. The molecule has 7 nitrogen and oxygen atoms in total. The molecule has 0 spiro atoms. The second kappa shape index (κ2) is 11.9. The van der Waals surface area contributed by atoms with Crippen LogP contribution in [0, 0.1) is 0 Å². The lowest BCUT2D eigenvalue weighted by Crippen LogP contribution is -2.34. The van der Waals surface area contributed by atoms with Crippen LogP contribution in [0.3, 0.4) is 0 Å². The van der Waals surface area contributed by atoms with Crippen LogP contribution in [-0.2, 0) is 4.74 Å². The second-order valence-electron chi connectivity index (χ2n) is 9.75. The lowest BCUT2D eigenvalue weighted by Gasteiger charge is -2.22. The number of hydrogen-bond donors (Lipinski definition) is 2. The minimum Gasteiger partial charge on any atom is -0.455 e. The van der Waals surface area contributed by atoms with Gasteiger partial charge in [-0.05, 0) is 50.6 Å². The van der Waals surface area contributed by atoms with Gasteiger partial charge >= 0.3 is 5.97 Å². The molecule has 1 atom stereocenters. The van der Waals surface area contributed by atoms with E-state index in [-0.39, 0.29) is 18.0 Å². The van der Waals surface area contributed by atoms with E-state index in [1.54, 1.807) is 93.6 Å². The van der Waals surface area contributed by atoms with E-state index < -0.39 is 23.5 Å². The Morgan fingerprint density at radius 2 is 1.31 bits per heavy atom. The number of nitrogens with zero attached hydrogens (tertiary/aromatic N) is 2. The first-order valence-electron chi connectivity index (χ1n) is 12.2. The predicted octanol–water partition coefficient (Wildman–Crippen LogP) is 6.54. The lowest BCUT2D eigenvalue weighted by atomic mass is 10.0. The summed E-state index contributed by atoms with van der Waals surface area (Å²) in [6.45, 7) is 4.80. The van der Waals surface area contributed by atoms with Gasteiger partial charge in [-0.3, -0.25) is 4.79 Å². The Kier molecular flexibility index (Phi) is 8.65. The molecule has 2 N–H and O–H groups in total. The number of aliphatic hydroxyl groups excluding tert-OH is 1. The van der Waals surface area contributed by atoms with Gasteiger partial charge < -0.3 is 15.2 Å². The molecule has 200 valence electrons. The summed E-state index contributed by atoms with van der Waals surface area (Å²) in [5.41, 5.74) is 1.32. The molecule has 0 fully saturated rings. The van der Waals surface area contributed by atoms with Crippen molar-refractivity contribution in [1.82, 2.24) is 15.3 Å². The van der Waals surface area contributed by atoms with Gasteiger partial charge in [0, 0.05) is 21.2 Å². The van der Waals surface area contributed by atoms with Crippen molar-refractivity contribution in [2.45, 2.75) is 32.4 Å². The number of esters is 1. The van der Waals surface area contributed by atoms with Crippen LogP contribution in [0.1, 0.15) is 53.4 Å². The minimum absolute atomic E-state index is 0.235. The van der Waals surface area contributed by atoms with E-state index in [9.17, 15) is 14.7 Å². The number of carbonyl (C=O) groups is 2. The fourth-order valence-corrected chi connectivity index (χ4v) is 4.08. The van der Waals surface area contributed by atoms with Crippen molar-refractivity contribution in [2.24, 2.45) is 0 Å². The van der Waals surface area contributed by atoms with E-state index in [1.807, 2.05) is 6.07 Å². The lowest BCUT2D eigenvalue weighted by molar-refractivity contribution is 0.00601. The zero-order chi connectivity index (χ0) is 28.2. The molecular weight excluding hydrogens is 537 g/mol. The van der Waals surface area contributed by atoms with Gasteiger partial charge in [-0.2, -0.15) is 0 Å². The molecule has 1 amide bonds. The van der Waals surface area contributed by atoms with E-state index >= 15 is 0 Å². The molecule has 0 aliphatic heterocycles. The van der Waals surface area contributed by atoms with Crippen molar-refractivity contribution in [3.8, 4) is 22.5 Å². The third kappa shape index (κ3) is 7.00. The SMILES string of the molecule is CC(C)(C)OC(=O)c1nc(-c2ccc(Cl)cc2)c(-c2ccc(Cl)cc2)nc1C(=O)NC(CO)c1ccccc1. The van der Waals surface area contributed by atoms with E-state index in [2.05, 4.69) is 15.3 Å². The zero-order valence-corrected chi connectivity index (χ0v) is 23.1. The van der Waals surface area contributed by atoms with Gasteiger partial charge in [0.2, 0.25) is 0 Å². The summed E-state index contributed by atoms with van der Waals surface area (Å²) in [7, 11) is 0. The smallest absolute Gasteiger partial charge is 0.359 e. The normalized spacial score (nSPS) is 12.1. The first kappa shape index (κ1) is 28.2. The summed E-state index contributed by atoms with van der Waals surface area (Å²) in [6, 6.07) is 22.1. The van der Waals surface area contributed by atoms with Gasteiger partial charge in [0.1, 0.15) is 5.60 Å². The predicted molar refractivity (Wildman–Crippen MR) is 152 cm³/mol. The van der Waals surface area contributed by atoms with Crippen LogP contribution >= 0.6 is 23.2 Å². The summed E-state index contributed by atoms with van der Waals surface area (Å²) in [6.07, 6.45) is 0. The number of ether oxygens (including phenoxy) is 1. The average Bonchev–Trinajstić information content (AvgIpc) is 2.91. The molecular formula is C30H27Cl2N3O4. The number of aromatic nitrogens is 2. The fourth-order valence-electron chi connectivity index (χ4n) is 3.83. The molecule has 4 rings (SSSR count). The number of aliphatic hydroxyl groups is 1. The Bertz CT molecular complexity index is 1470. The summed E-state index contributed by atoms with van der Waals surface area (Å²) in [5, 5.41) is 13.8. The molecule has 0 aliphatic carbocycles. The number of hydrogen-bond acceptors (Lipinski definition) is 6. The third-order valence-corrected chi connectivity index (χ3v) is 6.13. The highest BCUT2D eigenvalue weighted by Gasteiger charge is 2.30. The van der Waals surface area contributed by atoms with Crippen LogP contribution in [0.5, 0.6) is 0 Å². The molecule has 39 heavy (non-hydrogen) atoms. The van der Waals surface area contributed by atoms with Crippen LogP contribution in [0.4, 0.5) is 0 Å². The van der Waals surface area contributed by atoms with Crippen LogP contribution in [0.2, 0.25) is 10.0 Å². The maximum Gasteiger partial charge on any atom is 0.359 e. The van der Waals surface area contributed by atoms with Crippen LogP contribution in [-0.4, -0.2) is 39.2 Å². The van der Waals surface area contributed by atoms with Gasteiger partial charge in [-0.1, -0.05) is 77.8 Å². The molecule has 1 heterocycles. The molecule has 0 radical (unpaired) electrons. The molecule has 4 aromatic rings. The van der Waals surface area contributed by atoms with Gasteiger partial charge in [0.25, 0.3) is 5.91 Å². The largest absolute Gasteiger partial charge is 0.455 e. The van der Waals surface area contributed by atoms with Crippen LogP contribution < -0.4 is 5.32 Å².